The van der Waals surface area contributed by atoms with Crippen molar-refractivity contribution in [3.05, 3.63) is 34.9 Å². The molecule has 0 spiro atoms. The van der Waals surface area contributed by atoms with Crippen LogP contribution in [0.3, 0.4) is 0 Å². The number of rotatable bonds is 4. The second-order valence-corrected chi connectivity index (χ2v) is 6.66. The monoisotopic (exact) mass is 302 g/mol. The molecule has 3 rings (SSSR count). The lowest BCUT2D eigenvalue weighted by Gasteiger charge is -2.35. The zero-order valence-corrected chi connectivity index (χ0v) is 13.4. The maximum atomic E-state index is 12.5. The first-order valence-corrected chi connectivity index (χ1v) is 8.40. The molecule has 4 nitrogen and oxygen atoms in total. The summed E-state index contributed by atoms with van der Waals surface area (Å²) in [5.74, 6) is 0.231. The number of carbonyl (C=O) groups is 1. The fourth-order valence-corrected chi connectivity index (χ4v) is 3.58. The molecule has 4 heteroatoms. The lowest BCUT2D eigenvalue weighted by Crippen LogP contribution is -2.50. The quantitative estimate of drug-likeness (QED) is 0.910. The Kier molecular flexibility index (Phi) is 4.79. The Morgan fingerprint density at radius 1 is 1.18 bits per heavy atom. The van der Waals surface area contributed by atoms with Crippen molar-refractivity contribution in [2.45, 2.75) is 38.7 Å². The average molecular weight is 302 g/mol. The summed E-state index contributed by atoms with van der Waals surface area (Å²) in [6.07, 6.45) is 3.82. The Labute approximate surface area is 132 Å². The van der Waals surface area contributed by atoms with Crippen LogP contribution in [0.2, 0.25) is 0 Å². The second-order valence-electron chi connectivity index (χ2n) is 6.66. The van der Waals surface area contributed by atoms with E-state index in [9.17, 15) is 9.90 Å². The molecule has 1 aliphatic heterocycles. The van der Waals surface area contributed by atoms with Crippen molar-refractivity contribution < 1.29 is 9.90 Å². The van der Waals surface area contributed by atoms with Gasteiger partial charge in [0.15, 0.2) is 0 Å². The summed E-state index contributed by atoms with van der Waals surface area (Å²) < 4.78 is 0. The topological polar surface area (TPSA) is 43.8 Å². The summed E-state index contributed by atoms with van der Waals surface area (Å²) in [6, 6.07) is 6.54. The van der Waals surface area contributed by atoms with Crippen molar-refractivity contribution in [1.29, 1.82) is 0 Å². The highest BCUT2D eigenvalue weighted by atomic mass is 16.3. The molecule has 1 heterocycles. The summed E-state index contributed by atoms with van der Waals surface area (Å²) in [5, 5.41) is 9.43. The molecule has 1 amide bonds. The number of fused-ring (bicyclic) bond motifs is 1. The minimum atomic E-state index is -0.298. The largest absolute Gasteiger partial charge is 0.392 e. The van der Waals surface area contributed by atoms with Gasteiger partial charge in [0.05, 0.1) is 12.5 Å². The van der Waals surface area contributed by atoms with E-state index in [-0.39, 0.29) is 12.0 Å². The minimum absolute atomic E-state index is 0.231. The number of benzene rings is 1. The number of aliphatic hydroxyl groups excluding tert-OH is 1. The number of amides is 1. The van der Waals surface area contributed by atoms with Crippen LogP contribution in [0.15, 0.2) is 18.2 Å². The average Bonchev–Trinajstić information content (AvgIpc) is 2.95. The first-order valence-electron chi connectivity index (χ1n) is 8.40. The van der Waals surface area contributed by atoms with Crippen LogP contribution >= 0.6 is 0 Å². The van der Waals surface area contributed by atoms with Gasteiger partial charge in [-0.3, -0.25) is 9.69 Å². The lowest BCUT2D eigenvalue weighted by molar-refractivity contribution is -0.132. The van der Waals surface area contributed by atoms with Crippen LogP contribution in [0.1, 0.15) is 30.0 Å². The van der Waals surface area contributed by atoms with Crippen LogP contribution in [-0.2, 0) is 24.1 Å². The molecule has 1 atom stereocenters. The third-order valence-corrected chi connectivity index (χ3v) is 4.77. The molecule has 1 aromatic rings. The van der Waals surface area contributed by atoms with Gasteiger partial charge in [-0.1, -0.05) is 18.2 Å². The van der Waals surface area contributed by atoms with E-state index in [0.29, 0.717) is 13.0 Å². The maximum absolute atomic E-state index is 12.5. The fourth-order valence-electron chi connectivity index (χ4n) is 3.58. The Bertz CT molecular complexity index is 534. The van der Waals surface area contributed by atoms with E-state index >= 15 is 0 Å². The highest BCUT2D eigenvalue weighted by Crippen LogP contribution is 2.23. The number of β-amino-alcohol motifs (C(OH)–C–C–N with tert-alkyl or cyclic N) is 1. The number of carbonyl (C=O) groups excluding carboxylic acids is 1. The van der Waals surface area contributed by atoms with Crippen LogP contribution in [-0.4, -0.2) is 59.6 Å². The predicted octanol–water partition coefficient (Wildman–Crippen LogP) is 1.24. The Morgan fingerprint density at radius 3 is 2.64 bits per heavy atom. The molecule has 1 saturated heterocycles. The zero-order valence-electron chi connectivity index (χ0n) is 13.4. The summed E-state index contributed by atoms with van der Waals surface area (Å²) in [7, 11) is 0. The van der Waals surface area contributed by atoms with Gasteiger partial charge in [-0.05, 0) is 42.9 Å². The smallest absolute Gasteiger partial charge is 0.227 e. The molecule has 120 valence electrons. The van der Waals surface area contributed by atoms with Gasteiger partial charge in [0.25, 0.3) is 0 Å². The summed E-state index contributed by atoms with van der Waals surface area (Å²) in [4.78, 5) is 16.6. The van der Waals surface area contributed by atoms with Gasteiger partial charge in [-0.2, -0.15) is 0 Å². The van der Waals surface area contributed by atoms with Gasteiger partial charge in [-0.25, -0.2) is 0 Å². The van der Waals surface area contributed by atoms with Crippen LogP contribution in [0.4, 0.5) is 0 Å². The molecule has 0 aromatic heterocycles. The second kappa shape index (κ2) is 6.80. The maximum Gasteiger partial charge on any atom is 0.227 e. The third kappa shape index (κ3) is 3.68. The minimum Gasteiger partial charge on any atom is -0.392 e. The van der Waals surface area contributed by atoms with Gasteiger partial charge in [0.1, 0.15) is 0 Å². The number of hydrogen-bond acceptors (Lipinski definition) is 3. The summed E-state index contributed by atoms with van der Waals surface area (Å²) in [6.45, 7) is 5.78. The van der Waals surface area contributed by atoms with Crippen molar-refractivity contribution in [2.24, 2.45) is 0 Å². The van der Waals surface area contributed by atoms with E-state index < -0.39 is 0 Å². The van der Waals surface area contributed by atoms with E-state index in [2.05, 4.69) is 23.1 Å². The van der Waals surface area contributed by atoms with Gasteiger partial charge >= 0.3 is 0 Å². The lowest BCUT2D eigenvalue weighted by atomic mass is 10.0. The Balaban J connectivity index is 1.52. The summed E-state index contributed by atoms with van der Waals surface area (Å²) >= 11 is 0. The van der Waals surface area contributed by atoms with Gasteiger partial charge < -0.3 is 10.0 Å². The molecular weight excluding hydrogens is 276 g/mol. The molecule has 0 radical (unpaired) electrons. The van der Waals surface area contributed by atoms with E-state index in [0.717, 1.165) is 38.2 Å². The number of aliphatic hydroxyl groups is 1. The zero-order chi connectivity index (χ0) is 15.5. The molecule has 1 aliphatic carbocycles. The molecule has 2 aliphatic rings. The summed E-state index contributed by atoms with van der Waals surface area (Å²) in [5.41, 5.74) is 4.05. The van der Waals surface area contributed by atoms with E-state index in [1.807, 2.05) is 11.8 Å². The van der Waals surface area contributed by atoms with Crippen LogP contribution in [0.5, 0.6) is 0 Å². The third-order valence-electron chi connectivity index (χ3n) is 4.77. The molecule has 0 saturated carbocycles. The fraction of sp³-hybridized carbons (Fsp3) is 0.611. The number of hydrogen-bond donors (Lipinski definition) is 1. The molecule has 1 aromatic carbocycles. The highest BCUT2D eigenvalue weighted by Gasteiger charge is 2.22. The van der Waals surface area contributed by atoms with Crippen LogP contribution in [0, 0.1) is 0 Å². The van der Waals surface area contributed by atoms with E-state index in [1.54, 1.807) is 0 Å². The van der Waals surface area contributed by atoms with E-state index in [4.69, 9.17) is 0 Å². The Morgan fingerprint density at radius 2 is 1.91 bits per heavy atom. The number of piperazine rings is 1. The van der Waals surface area contributed by atoms with Crippen molar-refractivity contribution in [3.8, 4) is 0 Å². The van der Waals surface area contributed by atoms with Gasteiger partial charge in [-0.15, -0.1) is 0 Å². The first-order chi connectivity index (χ1) is 10.6. The normalized spacial score (nSPS) is 20.0. The Hall–Kier alpha value is -1.39. The van der Waals surface area contributed by atoms with Crippen LogP contribution in [0.25, 0.3) is 0 Å². The number of nitrogens with zero attached hydrogens (tertiary/aromatic N) is 2. The van der Waals surface area contributed by atoms with E-state index in [1.165, 1.54) is 24.0 Å². The first kappa shape index (κ1) is 15.5. The molecular formula is C18H26N2O2. The predicted molar refractivity (Wildman–Crippen MR) is 86.9 cm³/mol. The molecule has 1 fully saturated rings. The van der Waals surface area contributed by atoms with Gasteiger partial charge in [0.2, 0.25) is 5.91 Å². The van der Waals surface area contributed by atoms with Crippen molar-refractivity contribution in [3.63, 3.8) is 0 Å². The molecule has 0 bridgehead atoms. The molecule has 0 unspecified atom stereocenters. The molecule has 1 N–H and O–H groups in total. The molecule has 22 heavy (non-hydrogen) atoms. The van der Waals surface area contributed by atoms with Crippen molar-refractivity contribution >= 4 is 5.91 Å². The SMILES string of the molecule is C[C@H](O)CN1CCN(C(=O)Cc2ccc3c(c2)CCC3)CC1. The van der Waals surface area contributed by atoms with Crippen LogP contribution < -0.4 is 0 Å². The highest BCUT2D eigenvalue weighted by molar-refractivity contribution is 5.79. The van der Waals surface area contributed by atoms with Crippen molar-refractivity contribution in [2.75, 3.05) is 32.7 Å². The number of aryl methyl sites for hydroxylation is 2. The van der Waals surface area contributed by atoms with Gasteiger partial charge in [0, 0.05) is 32.7 Å². The standard InChI is InChI=1S/C18H26N2O2/c1-14(21)13-19-7-9-20(10-8-19)18(22)12-15-5-6-16-3-2-4-17(16)11-15/h5-6,11,14,21H,2-4,7-10,12-13H2,1H3/t14-/m0/s1. The van der Waals surface area contributed by atoms with Crippen molar-refractivity contribution in [1.82, 2.24) is 9.80 Å².